The van der Waals surface area contributed by atoms with Crippen LogP contribution in [0.5, 0.6) is 5.75 Å². The van der Waals surface area contributed by atoms with E-state index in [4.69, 9.17) is 4.74 Å². The van der Waals surface area contributed by atoms with E-state index in [0.717, 1.165) is 43.9 Å². The van der Waals surface area contributed by atoms with Gasteiger partial charge in [-0.3, -0.25) is 9.69 Å². The molecule has 0 radical (unpaired) electrons. The number of rotatable bonds is 4. The number of nitrogens with zero attached hydrogens (tertiary/aromatic N) is 2. The Morgan fingerprint density at radius 3 is 2.48 bits per heavy atom. The van der Waals surface area contributed by atoms with Gasteiger partial charge in [0.15, 0.2) is 6.61 Å². The molecule has 2 atom stereocenters. The second-order valence-electron chi connectivity index (χ2n) is 6.85. The average molecular weight is 316 g/mol. The monoisotopic (exact) mass is 316 g/mol. The van der Waals surface area contributed by atoms with Gasteiger partial charge in [-0.1, -0.05) is 38.0 Å². The van der Waals surface area contributed by atoms with Crippen molar-refractivity contribution in [2.24, 2.45) is 5.92 Å². The van der Waals surface area contributed by atoms with Crippen LogP contribution in [0.1, 0.15) is 32.6 Å². The highest BCUT2D eigenvalue weighted by molar-refractivity contribution is 5.77. The number of hydrogen-bond donors (Lipinski definition) is 0. The molecule has 0 aromatic heterocycles. The van der Waals surface area contributed by atoms with E-state index in [2.05, 4.69) is 11.8 Å². The number of hydrogen-bond acceptors (Lipinski definition) is 3. The first-order chi connectivity index (χ1) is 11.2. The minimum atomic E-state index is 0.102. The second-order valence-corrected chi connectivity index (χ2v) is 6.85. The molecule has 2 aliphatic rings. The van der Waals surface area contributed by atoms with Crippen molar-refractivity contribution in [2.45, 2.75) is 38.6 Å². The molecule has 1 aromatic carbocycles. The Bertz CT molecular complexity index is 497. The third-order valence-corrected chi connectivity index (χ3v) is 5.31. The highest BCUT2D eigenvalue weighted by Gasteiger charge is 2.30. The van der Waals surface area contributed by atoms with E-state index in [9.17, 15) is 4.79 Å². The molecule has 1 saturated heterocycles. The van der Waals surface area contributed by atoms with Crippen molar-refractivity contribution in [2.75, 3.05) is 32.8 Å². The van der Waals surface area contributed by atoms with Gasteiger partial charge in [0.2, 0.25) is 0 Å². The summed E-state index contributed by atoms with van der Waals surface area (Å²) >= 11 is 0. The Labute approximate surface area is 139 Å². The number of amides is 1. The van der Waals surface area contributed by atoms with Crippen LogP contribution >= 0.6 is 0 Å². The standard InChI is InChI=1S/C19H28N2O2/c1-16-7-5-6-10-18(16)20-11-13-21(14-12-20)19(22)15-23-17-8-3-2-4-9-17/h2-4,8-9,16,18H,5-7,10-15H2,1H3/t16-,18+/m0/s1. The molecule has 1 aromatic rings. The lowest BCUT2D eigenvalue weighted by molar-refractivity contribution is -0.135. The van der Waals surface area contributed by atoms with E-state index in [0.29, 0.717) is 0 Å². The summed E-state index contributed by atoms with van der Waals surface area (Å²) in [4.78, 5) is 16.9. The van der Waals surface area contributed by atoms with Crippen LogP contribution in [0.25, 0.3) is 0 Å². The van der Waals surface area contributed by atoms with Crippen LogP contribution in [0.3, 0.4) is 0 Å². The molecule has 1 heterocycles. The Kier molecular flexibility index (Phi) is 5.55. The van der Waals surface area contributed by atoms with Crippen molar-refractivity contribution in [3.05, 3.63) is 30.3 Å². The van der Waals surface area contributed by atoms with Crippen molar-refractivity contribution >= 4 is 5.91 Å². The first-order valence-electron chi connectivity index (χ1n) is 8.94. The smallest absolute Gasteiger partial charge is 0.260 e. The molecule has 1 aliphatic heterocycles. The number of para-hydroxylation sites is 1. The van der Waals surface area contributed by atoms with Gasteiger partial charge in [0.1, 0.15) is 5.75 Å². The number of carbonyl (C=O) groups is 1. The zero-order valence-corrected chi connectivity index (χ0v) is 14.1. The van der Waals surface area contributed by atoms with E-state index in [1.165, 1.54) is 25.7 Å². The first kappa shape index (κ1) is 16.3. The number of piperazine rings is 1. The Morgan fingerprint density at radius 1 is 1.09 bits per heavy atom. The maximum atomic E-state index is 12.3. The summed E-state index contributed by atoms with van der Waals surface area (Å²) < 4.78 is 5.58. The molecule has 4 heteroatoms. The molecule has 4 nitrogen and oxygen atoms in total. The Hall–Kier alpha value is -1.55. The van der Waals surface area contributed by atoms with E-state index in [-0.39, 0.29) is 12.5 Å². The fourth-order valence-corrected chi connectivity index (χ4v) is 3.90. The summed E-state index contributed by atoms with van der Waals surface area (Å²) in [5, 5.41) is 0. The maximum Gasteiger partial charge on any atom is 0.260 e. The normalized spacial score (nSPS) is 26.0. The van der Waals surface area contributed by atoms with Crippen LogP contribution in [-0.2, 0) is 4.79 Å². The van der Waals surface area contributed by atoms with Gasteiger partial charge < -0.3 is 9.64 Å². The molecule has 3 rings (SSSR count). The highest BCUT2D eigenvalue weighted by Crippen LogP contribution is 2.28. The first-order valence-corrected chi connectivity index (χ1v) is 8.94. The van der Waals surface area contributed by atoms with Gasteiger partial charge in [-0.05, 0) is 30.9 Å². The van der Waals surface area contributed by atoms with Crippen molar-refractivity contribution in [3.63, 3.8) is 0 Å². The van der Waals surface area contributed by atoms with Crippen LogP contribution < -0.4 is 4.74 Å². The molecule has 0 spiro atoms. The van der Waals surface area contributed by atoms with Gasteiger partial charge in [-0.15, -0.1) is 0 Å². The van der Waals surface area contributed by atoms with Crippen LogP contribution in [0.4, 0.5) is 0 Å². The lowest BCUT2D eigenvalue weighted by atomic mass is 9.84. The van der Waals surface area contributed by atoms with Crippen molar-refractivity contribution in [1.29, 1.82) is 0 Å². The third kappa shape index (κ3) is 4.25. The highest BCUT2D eigenvalue weighted by atomic mass is 16.5. The molecular weight excluding hydrogens is 288 g/mol. The van der Waals surface area contributed by atoms with Crippen LogP contribution in [0, 0.1) is 5.92 Å². The van der Waals surface area contributed by atoms with E-state index >= 15 is 0 Å². The number of carbonyl (C=O) groups excluding carboxylic acids is 1. The third-order valence-electron chi connectivity index (χ3n) is 5.31. The van der Waals surface area contributed by atoms with Gasteiger partial charge in [-0.25, -0.2) is 0 Å². The fourth-order valence-electron chi connectivity index (χ4n) is 3.90. The lowest BCUT2D eigenvalue weighted by Gasteiger charge is -2.43. The topological polar surface area (TPSA) is 32.8 Å². The molecule has 2 fully saturated rings. The minimum Gasteiger partial charge on any atom is -0.484 e. The van der Waals surface area contributed by atoms with Crippen molar-refractivity contribution < 1.29 is 9.53 Å². The quantitative estimate of drug-likeness (QED) is 0.856. The SMILES string of the molecule is C[C@H]1CCCC[C@H]1N1CCN(C(=O)COc2ccccc2)CC1. The molecule has 0 N–H and O–H groups in total. The second kappa shape index (κ2) is 7.82. The molecule has 1 aliphatic carbocycles. The van der Waals surface area contributed by atoms with Gasteiger partial charge in [0.05, 0.1) is 0 Å². The van der Waals surface area contributed by atoms with Gasteiger partial charge >= 0.3 is 0 Å². The lowest BCUT2D eigenvalue weighted by Crippen LogP contribution is -2.54. The predicted molar refractivity (Wildman–Crippen MR) is 91.5 cm³/mol. The molecule has 126 valence electrons. The maximum absolute atomic E-state index is 12.3. The predicted octanol–water partition coefficient (Wildman–Crippen LogP) is 2.79. The summed E-state index contributed by atoms with van der Waals surface area (Å²) in [5.74, 6) is 1.66. The van der Waals surface area contributed by atoms with Gasteiger partial charge in [-0.2, -0.15) is 0 Å². The van der Waals surface area contributed by atoms with Gasteiger partial charge in [0.25, 0.3) is 5.91 Å². The van der Waals surface area contributed by atoms with Crippen molar-refractivity contribution in [3.8, 4) is 5.75 Å². The summed E-state index contributed by atoms with van der Waals surface area (Å²) in [7, 11) is 0. The summed E-state index contributed by atoms with van der Waals surface area (Å²) in [6, 6.07) is 10.3. The van der Waals surface area contributed by atoms with E-state index in [1.54, 1.807) is 0 Å². The molecule has 1 saturated carbocycles. The average Bonchev–Trinajstić information content (AvgIpc) is 2.61. The number of ether oxygens (including phenoxy) is 1. The number of benzene rings is 1. The van der Waals surface area contributed by atoms with Crippen LogP contribution in [0.15, 0.2) is 30.3 Å². The summed E-state index contributed by atoms with van der Waals surface area (Å²) in [6.45, 7) is 6.21. The largest absolute Gasteiger partial charge is 0.484 e. The fraction of sp³-hybridized carbons (Fsp3) is 0.632. The Balaban J connectivity index is 1.44. The molecule has 1 amide bonds. The summed E-state index contributed by atoms with van der Waals surface area (Å²) in [5.41, 5.74) is 0. The molecular formula is C19H28N2O2. The Morgan fingerprint density at radius 2 is 1.78 bits per heavy atom. The summed E-state index contributed by atoms with van der Waals surface area (Å²) in [6.07, 6.45) is 5.42. The van der Waals surface area contributed by atoms with Crippen LogP contribution in [-0.4, -0.2) is 54.5 Å². The minimum absolute atomic E-state index is 0.102. The van der Waals surface area contributed by atoms with E-state index < -0.39 is 0 Å². The van der Waals surface area contributed by atoms with Crippen molar-refractivity contribution in [1.82, 2.24) is 9.80 Å². The van der Waals surface area contributed by atoms with Gasteiger partial charge in [0, 0.05) is 32.2 Å². The molecule has 0 unspecified atom stereocenters. The molecule has 23 heavy (non-hydrogen) atoms. The van der Waals surface area contributed by atoms with E-state index in [1.807, 2.05) is 35.2 Å². The zero-order valence-electron chi connectivity index (χ0n) is 14.1. The zero-order chi connectivity index (χ0) is 16.1. The van der Waals surface area contributed by atoms with Crippen LogP contribution in [0.2, 0.25) is 0 Å². The molecule has 0 bridgehead atoms.